The van der Waals surface area contributed by atoms with Gasteiger partial charge < -0.3 is 15.3 Å². The van der Waals surface area contributed by atoms with Crippen molar-refractivity contribution in [2.24, 2.45) is 13.0 Å². The zero-order valence-electron chi connectivity index (χ0n) is 13.6. The predicted molar refractivity (Wildman–Crippen MR) is 81.4 cm³/mol. The molecule has 0 unspecified atom stereocenters. The molecule has 0 saturated carbocycles. The maximum Gasteiger partial charge on any atom is 0.391 e. The van der Waals surface area contributed by atoms with Gasteiger partial charge in [-0.1, -0.05) is 0 Å². The van der Waals surface area contributed by atoms with E-state index in [1.807, 2.05) is 4.90 Å². The summed E-state index contributed by atoms with van der Waals surface area (Å²) in [6.07, 6.45) is -2.19. The molecular weight excluding hydrogens is 325 g/mol. The van der Waals surface area contributed by atoms with Gasteiger partial charge in [-0.2, -0.15) is 18.3 Å². The van der Waals surface area contributed by atoms with E-state index in [9.17, 15) is 23.1 Å². The number of hydrogen-bond donors (Lipinski definition) is 2. The second-order valence-corrected chi connectivity index (χ2v) is 6.33. The Kier molecular flexibility index (Phi) is 6.22. The van der Waals surface area contributed by atoms with Gasteiger partial charge in [0, 0.05) is 26.3 Å². The van der Waals surface area contributed by atoms with Crippen molar-refractivity contribution in [1.29, 1.82) is 0 Å². The minimum absolute atomic E-state index is 0.0360. The van der Waals surface area contributed by atoms with E-state index in [4.69, 9.17) is 0 Å². The molecule has 2 N–H and O–H groups in total. The molecule has 0 radical (unpaired) electrons. The standard InChI is InChI=1S/C15H23F3N4O2/c1-21-9-12(8-20-21)14(24)19-7-11-2-4-22(5-3-11)10-13(23)6-15(16,17)18/h8-9,11,13,23H,2-7,10H2,1H3,(H,19,24)/t13-/m1/s1. The van der Waals surface area contributed by atoms with E-state index in [-0.39, 0.29) is 12.5 Å². The van der Waals surface area contributed by atoms with Crippen LogP contribution in [0.4, 0.5) is 13.2 Å². The van der Waals surface area contributed by atoms with Crippen LogP contribution in [0.3, 0.4) is 0 Å². The number of nitrogens with one attached hydrogen (secondary N) is 1. The highest BCUT2D eigenvalue weighted by molar-refractivity contribution is 5.93. The summed E-state index contributed by atoms with van der Waals surface area (Å²) in [5, 5.41) is 16.3. The number of aliphatic hydroxyl groups excluding tert-OH is 1. The number of β-amino-alcohol motifs (C(OH)–C–C–N with tert-alkyl or cyclic N) is 1. The summed E-state index contributed by atoms with van der Waals surface area (Å²) in [6.45, 7) is 1.83. The zero-order valence-corrected chi connectivity index (χ0v) is 13.6. The van der Waals surface area contributed by atoms with Crippen molar-refractivity contribution in [3.05, 3.63) is 18.0 Å². The first kappa shape index (κ1) is 18.7. The predicted octanol–water partition coefficient (Wildman–Crippen LogP) is 1.18. The number of halogens is 3. The van der Waals surface area contributed by atoms with Crippen molar-refractivity contribution in [1.82, 2.24) is 20.0 Å². The van der Waals surface area contributed by atoms with E-state index in [2.05, 4.69) is 10.4 Å². The summed E-state index contributed by atoms with van der Waals surface area (Å²) in [4.78, 5) is 13.8. The fraction of sp³-hybridized carbons (Fsp3) is 0.733. The number of nitrogens with zero attached hydrogens (tertiary/aromatic N) is 3. The molecule has 1 aliphatic heterocycles. The van der Waals surface area contributed by atoms with Crippen molar-refractivity contribution in [3.8, 4) is 0 Å². The minimum Gasteiger partial charge on any atom is -0.391 e. The Morgan fingerprint density at radius 2 is 2.12 bits per heavy atom. The van der Waals surface area contributed by atoms with E-state index in [0.717, 1.165) is 12.8 Å². The Balaban J connectivity index is 1.66. The summed E-state index contributed by atoms with van der Waals surface area (Å²) in [5.74, 6) is 0.118. The molecule has 1 aromatic heterocycles. The lowest BCUT2D eigenvalue weighted by molar-refractivity contribution is -0.155. The van der Waals surface area contributed by atoms with E-state index < -0.39 is 18.7 Å². The maximum atomic E-state index is 12.2. The first-order valence-electron chi connectivity index (χ1n) is 7.97. The monoisotopic (exact) mass is 348 g/mol. The molecule has 1 amide bonds. The molecule has 9 heteroatoms. The van der Waals surface area contributed by atoms with Crippen LogP contribution in [0.1, 0.15) is 29.6 Å². The zero-order chi connectivity index (χ0) is 17.7. The smallest absolute Gasteiger partial charge is 0.391 e. The maximum absolute atomic E-state index is 12.2. The fourth-order valence-electron chi connectivity index (χ4n) is 2.88. The summed E-state index contributed by atoms with van der Waals surface area (Å²) in [5.41, 5.74) is 0.505. The number of aryl methyl sites for hydroxylation is 1. The Morgan fingerprint density at radius 3 is 2.67 bits per heavy atom. The van der Waals surface area contributed by atoms with Crippen molar-refractivity contribution in [2.75, 3.05) is 26.2 Å². The molecule has 2 rings (SSSR count). The lowest BCUT2D eigenvalue weighted by Gasteiger charge is -2.33. The lowest BCUT2D eigenvalue weighted by atomic mass is 9.96. The highest BCUT2D eigenvalue weighted by atomic mass is 19.4. The van der Waals surface area contributed by atoms with Crippen LogP contribution in [0.2, 0.25) is 0 Å². The van der Waals surface area contributed by atoms with E-state index >= 15 is 0 Å². The number of rotatable bonds is 6. The highest BCUT2D eigenvalue weighted by Crippen LogP contribution is 2.23. The van der Waals surface area contributed by atoms with Crippen LogP contribution in [0.5, 0.6) is 0 Å². The van der Waals surface area contributed by atoms with Crippen LogP contribution >= 0.6 is 0 Å². The molecule has 1 atom stereocenters. The lowest BCUT2D eigenvalue weighted by Crippen LogP contribution is -2.42. The molecule has 0 bridgehead atoms. The number of hydrogen-bond acceptors (Lipinski definition) is 4. The van der Waals surface area contributed by atoms with Crippen molar-refractivity contribution >= 4 is 5.91 Å². The Bertz CT molecular complexity index is 539. The van der Waals surface area contributed by atoms with Crippen LogP contribution in [-0.2, 0) is 7.05 Å². The first-order valence-corrected chi connectivity index (χ1v) is 7.97. The Labute approximate surface area is 138 Å². The van der Waals surface area contributed by atoms with Gasteiger partial charge in [0.05, 0.1) is 24.3 Å². The Morgan fingerprint density at radius 1 is 1.46 bits per heavy atom. The van der Waals surface area contributed by atoms with Crippen LogP contribution in [0, 0.1) is 5.92 Å². The summed E-state index contributed by atoms with van der Waals surface area (Å²) in [7, 11) is 1.74. The molecule has 136 valence electrons. The van der Waals surface area contributed by atoms with E-state index in [0.29, 0.717) is 31.1 Å². The van der Waals surface area contributed by atoms with Crippen molar-refractivity contribution < 1.29 is 23.1 Å². The van der Waals surface area contributed by atoms with Gasteiger partial charge in [-0.05, 0) is 31.8 Å². The van der Waals surface area contributed by atoms with Gasteiger partial charge in [-0.15, -0.1) is 0 Å². The average Bonchev–Trinajstić information content (AvgIpc) is 2.91. The number of alkyl halides is 3. The number of amides is 1. The van der Waals surface area contributed by atoms with Crippen LogP contribution in [-0.4, -0.2) is 64.2 Å². The third kappa shape index (κ3) is 6.12. The fourth-order valence-corrected chi connectivity index (χ4v) is 2.88. The molecule has 6 nitrogen and oxygen atoms in total. The van der Waals surface area contributed by atoms with Gasteiger partial charge in [0.25, 0.3) is 5.91 Å². The molecule has 1 saturated heterocycles. The topological polar surface area (TPSA) is 70.4 Å². The largest absolute Gasteiger partial charge is 0.391 e. The van der Waals surface area contributed by atoms with E-state index in [1.165, 1.54) is 6.20 Å². The molecule has 0 aliphatic carbocycles. The molecule has 2 heterocycles. The van der Waals surface area contributed by atoms with Gasteiger partial charge in [-0.3, -0.25) is 9.48 Å². The molecule has 1 aromatic rings. The van der Waals surface area contributed by atoms with Gasteiger partial charge in [0.2, 0.25) is 0 Å². The van der Waals surface area contributed by atoms with Gasteiger partial charge in [0.15, 0.2) is 0 Å². The summed E-state index contributed by atoms with van der Waals surface area (Å²) < 4.78 is 38.2. The number of carbonyl (C=O) groups excluding carboxylic acids is 1. The van der Waals surface area contributed by atoms with Crippen LogP contribution in [0.15, 0.2) is 12.4 Å². The third-order valence-electron chi connectivity index (χ3n) is 4.16. The number of carbonyl (C=O) groups is 1. The van der Waals surface area contributed by atoms with Gasteiger partial charge in [-0.25, -0.2) is 0 Å². The number of aromatic nitrogens is 2. The molecule has 0 aromatic carbocycles. The second kappa shape index (κ2) is 7.98. The molecule has 24 heavy (non-hydrogen) atoms. The SMILES string of the molecule is Cn1cc(C(=O)NCC2CCN(C[C@H](O)CC(F)(F)F)CC2)cn1. The van der Waals surface area contributed by atoms with Gasteiger partial charge in [0.1, 0.15) is 0 Å². The van der Waals surface area contributed by atoms with Crippen LogP contribution < -0.4 is 5.32 Å². The molecule has 0 spiro atoms. The molecule has 1 aliphatic rings. The third-order valence-corrected chi connectivity index (χ3v) is 4.16. The van der Waals surface area contributed by atoms with E-state index in [1.54, 1.807) is 17.9 Å². The van der Waals surface area contributed by atoms with Crippen molar-refractivity contribution in [3.63, 3.8) is 0 Å². The highest BCUT2D eigenvalue weighted by Gasteiger charge is 2.32. The second-order valence-electron chi connectivity index (χ2n) is 6.33. The minimum atomic E-state index is -4.34. The number of likely N-dealkylation sites (tertiary alicyclic amines) is 1. The summed E-state index contributed by atoms with van der Waals surface area (Å²) in [6, 6.07) is 0. The van der Waals surface area contributed by atoms with Crippen molar-refractivity contribution in [2.45, 2.75) is 31.5 Å². The number of aliphatic hydroxyl groups is 1. The summed E-state index contributed by atoms with van der Waals surface area (Å²) >= 11 is 0. The first-order chi connectivity index (χ1) is 11.2. The quantitative estimate of drug-likeness (QED) is 0.810. The average molecular weight is 348 g/mol. The number of piperidine rings is 1. The Hall–Kier alpha value is -1.61. The molecular formula is C15H23F3N4O2. The van der Waals surface area contributed by atoms with Gasteiger partial charge >= 0.3 is 6.18 Å². The normalized spacial score (nSPS) is 18.5. The van der Waals surface area contributed by atoms with Crippen LogP contribution in [0.25, 0.3) is 0 Å². The molecule has 1 fully saturated rings.